The van der Waals surface area contributed by atoms with Gasteiger partial charge in [0.25, 0.3) is 0 Å². The number of rotatable bonds is 4. The molecule has 0 unspecified atom stereocenters. The molecule has 0 aliphatic heterocycles. The Hall–Kier alpha value is -0.390. The summed E-state index contributed by atoms with van der Waals surface area (Å²) < 4.78 is 20.7. The molecule has 106 valence electrons. The molecule has 0 radical (unpaired) electrons. The van der Waals surface area contributed by atoms with Crippen LogP contribution in [-0.2, 0) is 11.9 Å². The lowest BCUT2D eigenvalue weighted by atomic mass is 10.1. The summed E-state index contributed by atoms with van der Waals surface area (Å²) in [6, 6.07) is 8.64. The molecule has 0 aromatic heterocycles. The van der Waals surface area contributed by atoms with Crippen molar-refractivity contribution in [3.63, 3.8) is 0 Å². The van der Waals surface area contributed by atoms with Gasteiger partial charge < -0.3 is 4.74 Å². The monoisotopic (exact) mass is 464 g/mol. The van der Waals surface area contributed by atoms with Crippen molar-refractivity contribution in [2.45, 2.75) is 18.9 Å². The predicted molar refractivity (Wildman–Crippen MR) is 89.9 cm³/mol. The zero-order valence-electron chi connectivity index (χ0n) is 10.7. The minimum Gasteiger partial charge on any atom is -0.488 e. The van der Waals surface area contributed by atoms with Crippen LogP contribution in [0.4, 0.5) is 4.39 Å². The molecule has 0 amide bonds. The largest absolute Gasteiger partial charge is 0.488 e. The second-order valence-corrected chi connectivity index (χ2v) is 6.70. The molecule has 1 nitrogen and oxygen atoms in total. The average Bonchev–Trinajstić information content (AvgIpc) is 2.38. The van der Waals surface area contributed by atoms with Crippen molar-refractivity contribution in [3.8, 4) is 5.75 Å². The standard InChI is InChI=1S/C15H12Br3FO/c1-9-4-12(17)5-11(7-16)15(9)20-8-10-2-3-13(19)6-14(10)18/h2-6H,7-8H2,1H3. The molecule has 2 aromatic carbocycles. The molecular formula is C15H12Br3FO. The maximum atomic E-state index is 13.1. The molecule has 0 saturated heterocycles. The predicted octanol–water partition coefficient (Wildman–Crippen LogP) is 6.13. The van der Waals surface area contributed by atoms with Gasteiger partial charge >= 0.3 is 0 Å². The van der Waals surface area contributed by atoms with E-state index in [9.17, 15) is 4.39 Å². The molecular weight excluding hydrogens is 455 g/mol. The number of halogens is 4. The maximum Gasteiger partial charge on any atom is 0.126 e. The van der Waals surface area contributed by atoms with E-state index in [-0.39, 0.29) is 5.82 Å². The molecule has 0 heterocycles. The molecule has 0 N–H and O–H groups in total. The lowest BCUT2D eigenvalue weighted by Crippen LogP contribution is -2.01. The summed E-state index contributed by atoms with van der Waals surface area (Å²) in [7, 11) is 0. The van der Waals surface area contributed by atoms with Crippen molar-refractivity contribution < 1.29 is 9.13 Å². The highest BCUT2D eigenvalue weighted by atomic mass is 79.9. The van der Waals surface area contributed by atoms with E-state index >= 15 is 0 Å². The molecule has 0 bridgehead atoms. The van der Waals surface area contributed by atoms with Gasteiger partial charge in [-0.1, -0.05) is 53.9 Å². The van der Waals surface area contributed by atoms with Crippen LogP contribution in [0.25, 0.3) is 0 Å². The average molecular weight is 467 g/mol. The Balaban J connectivity index is 2.22. The summed E-state index contributed by atoms with van der Waals surface area (Å²) in [5.74, 6) is 0.600. The van der Waals surface area contributed by atoms with Crippen molar-refractivity contribution in [1.82, 2.24) is 0 Å². The quantitative estimate of drug-likeness (QED) is 0.492. The van der Waals surface area contributed by atoms with Crippen LogP contribution in [0.15, 0.2) is 39.3 Å². The second-order valence-electron chi connectivity index (χ2n) is 4.37. The van der Waals surface area contributed by atoms with E-state index in [4.69, 9.17) is 4.74 Å². The number of hydrogen-bond acceptors (Lipinski definition) is 1. The van der Waals surface area contributed by atoms with E-state index in [0.29, 0.717) is 16.4 Å². The van der Waals surface area contributed by atoms with E-state index < -0.39 is 0 Å². The van der Waals surface area contributed by atoms with Gasteiger partial charge in [-0.15, -0.1) is 0 Å². The molecule has 20 heavy (non-hydrogen) atoms. The van der Waals surface area contributed by atoms with Gasteiger partial charge in [-0.3, -0.25) is 0 Å². The van der Waals surface area contributed by atoms with Crippen molar-refractivity contribution in [2.75, 3.05) is 0 Å². The van der Waals surface area contributed by atoms with Crippen molar-refractivity contribution >= 4 is 47.8 Å². The van der Waals surface area contributed by atoms with Gasteiger partial charge in [0.05, 0.1) is 0 Å². The zero-order chi connectivity index (χ0) is 14.7. The first-order chi connectivity index (χ1) is 9.51. The van der Waals surface area contributed by atoms with E-state index in [1.807, 2.05) is 19.1 Å². The van der Waals surface area contributed by atoms with Crippen LogP contribution in [0.5, 0.6) is 5.75 Å². The Kier molecular flexibility index (Phi) is 5.64. The van der Waals surface area contributed by atoms with Crippen LogP contribution >= 0.6 is 47.8 Å². The summed E-state index contributed by atoms with van der Waals surface area (Å²) in [6.45, 7) is 2.40. The number of benzene rings is 2. The Morgan fingerprint density at radius 2 is 1.85 bits per heavy atom. The van der Waals surface area contributed by atoms with E-state index in [1.54, 1.807) is 6.07 Å². The van der Waals surface area contributed by atoms with Gasteiger partial charge in [0.2, 0.25) is 0 Å². The molecule has 0 fully saturated rings. The van der Waals surface area contributed by atoms with Gasteiger partial charge in [-0.25, -0.2) is 4.39 Å². The summed E-state index contributed by atoms with van der Waals surface area (Å²) >= 11 is 10.3. The third-order valence-electron chi connectivity index (χ3n) is 2.85. The van der Waals surface area contributed by atoms with E-state index in [0.717, 1.165) is 26.9 Å². The Morgan fingerprint density at radius 3 is 2.50 bits per heavy atom. The van der Waals surface area contributed by atoms with Crippen LogP contribution < -0.4 is 4.74 Å². The molecule has 2 rings (SSSR count). The summed E-state index contributed by atoms with van der Waals surface area (Å²) in [6.07, 6.45) is 0. The van der Waals surface area contributed by atoms with Crippen LogP contribution in [0.1, 0.15) is 16.7 Å². The van der Waals surface area contributed by atoms with Gasteiger partial charge in [-0.2, -0.15) is 0 Å². The Morgan fingerprint density at radius 1 is 1.10 bits per heavy atom. The van der Waals surface area contributed by atoms with Crippen LogP contribution in [0, 0.1) is 12.7 Å². The van der Waals surface area contributed by atoms with Crippen molar-refractivity contribution in [2.24, 2.45) is 0 Å². The molecule has 0 aliphatic rings. The summed E-state index contributed by atoms with van der Waals surface area (Å²) in [4.78, 5) is 0. The third kappa shape index (κ3) is 3.83. The van der Waals surface area contributed by atoms with E-state index in [2.05, 4.69) is 47.8 Å². The molecule has 5 heteroatoms. The first-order valence-corrected chi connectivity index (χ1v) is 8.63. The topological polar surface area (TPSA) is 9.23 Å². The number of aryl methyl sites for hydroxylation is 1. The first-order valence-electron chi connectivity index (χ1n) is 5.93. The van der Waals surface area contributed by atoms with Crippen molar-refractivity contribution in [3.05, 3.63) is 61.8 Å². The van der Waals surface area contributed by atoms with Gasteiger partial charge in [0.1, 0.15) is 18.2 Å². The van der Waals surface area contributed by atoms with Crippen LogP contribution in [0.2, 0.25) is 0 Å². The number of alkyl halides is 1. The van der Waals surface area contributed by atoms with Gasteiger partial charge in [0, 0.05) is 25.4 Å². The molecule has 0 saturated carbocycles. The fourth-order valence-electron chi connectivity index (χ4n) is 1.89. The van der Waals surface area contributed by atoms with E-state index in [1.165, 1.54) is 12.1 Å². The molecule has 0 atom stereocenters. The number of hydrogen-bond donors (Lipinski definition) is 0. The highest BCUT2D eigenvalue weighted by molar-refractivity contribution is 9.10. The van der Waals surface area contributed by atoms with Gasteiger partial charge in [-0.05, 0) is 36.8 Å². The SMILES string of the molecule is Cc1cc(Br)cc(CBr)c1OCc1ccc(F)cc1Br. The highest BCUT2D eigenvalue weighted by Gasteiger charge is 2.10. The lowest BCUT2D eigenvalue weighted by molar-refractivity contribution is 0.301. The number of ether oxygens (including phenoxy) is 1. The zero-order valence-corrected chi connectivity index (χ0v) is 15.5. The smallest absolute Gasteiger partial charge is 0.126 e. The molecule has 0 spiro atoms. The minimum absolute atomic E-state index is 0.262. The fourth-order valence-corrected chi connectivity index (χ4v) is 3.40. The molecule has 0 aliphatic carbocycles. The fraction of sp³-hybridized carbons (Fsp3) is 0.200. The molecule has 2 aromatic rings. The maximum absolute atomic E-state index is 13.1. The first kappa shape index (κ1) is 16.0. The lowest BCUT2D eigenvalue weighted by Gasteiger charge is -2.14. The van der Waals surface area contributed by atoms with Gasteiger partial charge in [0.15, 0.2) is 0 Å². The van der Waals surface area contributed by atoms with Crippen molar-refractivity contribution in [1.29, 1.82) is 0 Å². The normalized spacial score (nSPS) is 10.7. The Bertz CT molecular complexity index is 629. The van der Waals surface area contributed by atoms with Crippen LogP contribution in [0.3, 0.4) is 0 Å². The minimum atomic E-state index is -0.262. The second kappa shape index (κ2) is 7.05. The summed E-state index contributed by atoms with van der Waals surface area (Å²) in [5.41, 5.74) is 3.05. The third-order valence-corrected chi connectivity index (χ3v) is 4.65. The highest BCUT2D eigenvalue weighted by Crippen LogP contribution is 2.31. The summed E-state index contributed by atoms with van der Waals surface area (Å²) in [5, 5.41) is 0.715. The van der Waals surface area contributed by atoms with Crippen LogP contribution in [-0.4, -0.2) is 0 Å². The Labute approximate surface area is 142 Å².